The zero-order valence-electron chi connectivity index (χ0n) is 21.5. The van der Waals surface area contributed by atoms with Crippen molar-refractivity contribution in [3.8, 4) is 22.8 Å². The van der Waals surface area contributed by atoms with E-state index in [0.717, 1.165) is 23.1 Å². The summed E-state index contributed by atoms with van der Waals surface area (Å²) in [4.78, 5) is 0. The maximum atomic E-state index is 10.5. The summed E-state index contributed by atoms with van der Waals surface area (Å²) in [5.41, 5.74) is 4.99. The molecule has 0 spiro atoms. The van der Waals surface area contributed by atoms with E-state index in [9.17, 15) is 5.11 Å². The Labute approximate surface area is 232 Å². The van der Waals surface area contributed by atoms with Gasteiger partial charge in [-0.2, -0.15) is 0 Å². The Morgan fingerprint density at radius 3 is 2.58 bits per heavy atom. The SMILES string of the molecule is C=C(OC)c1cccc(C2CC2c2ccc(OCc3c(-c4c(O)cccc4Cl)noc3C(C)C)cc2Cl)c1. The van der Waals surface area contributed by atoms with E-state index < -0.39 is 0 Å². The van der Waals surface area contributed by atoms with Crippen molar-refractivity contribution < 1.29 is 19.1 Å². The Hall–Kier alpha value is -3.41. The topological polar surface area (TPSA) is 64.7 Å². The maximum Gasteiger partial charge on any atom is 0.146 e. The molecule has 1 saturated carbocycles. The number of benzene rings is 3. The number of aromatic hydroxyl groups is 1. The van der Waals surface area contributed by atoms with Crippen LogP contribution < -0.4 is 4.74 Å². The van der Waals surface area contributed by atoms with E-state index in [1.165, 1.54) is 5.56 Å². The molecule has 0 aliphatic heterocycles. The van der Waals surface area contributed by atoms with E-state index in [0.29, 0.717) is 50.4 Å². The van der Waals surface area contributed by atoms with Crippen LogP contribution in [0.4, 0.5) is 0 Å². The van der Waals surface area contributed by atoms with Crippen molar-refractivity contribution in [1.29, 1.82) is 0 Å². The fourth-order valence-electron chi connectivity index (χ4n) is 4.88. The smallest absolute Gasteiger partial charge is 0.146 e. The monoisotopic (exact) mass is 549 g/mol. The molecule has 0 bridgehead atoms. The van der Waals surface area contributed by atoms with Crippen LogP contribution in [0.3, 0.4) is 0 Å². The fourth-order valence-corrected chi connectivity index (χ4v) is 5.45. The third-order valence-electron chi connectivity index (χ3n) is 7.00. The van der Waals surface area contributed by atoms with E-state index in [-0.39, 0.29) is 18.3 Å². The number of methoxy groups -OCH3 is 1. The molecular formula is C31H29Cl2NO4. The molecule has 7 heteroatoms. The van der Waals surface area contributed by atoms with E-state index in [4.69, 9.17) is 37.2 Å². The highest BCUT2D eigenvalue weighted by Crippen LogP contribution is 2.56. The van der Waals surface area contributed by atoms with Gasteiger partial charge in [0.15, 0.2) is 0 Å². The quantitative estimate of drug-likeness (QED) is 0.211. The van der Waals surface area contributed by atoms with Gasteiger partial charge < -0.3 is 19.1 Å². The number of halogens is 2. The number of hydrogen-bond donors (Lipinski definition) is 1. The lowest BCUT2D eigenvalue weighted by atomic mass is 10.0. The summed E-state index contributed by atoms with van der Waals surface area (Å²) < 4.78 is 17.1. The summed E-state index contributed by atoms with van der Waals surface area (Å²) in [5, 5.41) is 15.7. The van der Waals surface area contributed by atoms with Crippen molar-refractivity contribution in [1.82, 2.24) is 5.16 Å². The number of aromatic nitrogens is 1. The number of ether oxygens (including phenoxy) is 2. The first-order valence-electron chi connectivity index (χ1n) is 12.5. The maximum absolute atomic E-state index is 10.5. The van der Waals surface area contributed by atoms with Gasteiger partial charge >= 0.3 is 0 Å². The minimum absolute atomic E-state index is 0.0332. The van der Waals surface area contributed by atoms with Gasteiger partial charge in [-0.15, -0.1) is 0 Å². The summed E-state index contributed by atoms with van der Waals surface area (Å²) in [5.74, 6) is 2.83. The van der Waals surface area contributed by atoms with Crippen molar-refractivity contribution >= 4 is 29.0 Å². The van der Waals surface area contributed by atoms with Gasteiger partial charge in [0, 0.05) is 16.5 Å². The van der Waals surface area contributed by atoms with Crippen LogP contribution in [0.5, 0.6) is 11.5 Å². The molecule has 1 heterocycles. The minimum Gasteiger partial charge on any atom is -0.507 e. The molecular weight excluding hydrogens is 521 g/mol. The molecule has 0 amide bonds. The van der Waals surface area contributed by atoms with E-state index >= 15 is 0 Å². The van der Waals surface area contributed by atoms with E-state index in [1.54, 1.807) is 25.3 Å². The normalized spacial score (nSPS) is 16.5. The second-order valence-corrected chi connectivity index (χ2v) is 10.7. The third kappa shape index (κ3) is 5.13. The van der Waals surface area contributed by atoms with Gasteiger partial charge in [-0.25, -0.2) is 0 Å². The van der Waals surface area contributed by atoms with Crippen molar-refractivity contribution in [3.05, 3.63) is 105 Å². The molecule has 5 rings (SSSR count). The van der Waals surface area contributed by atoms with Gasteiger partial charge in [0.2, 0.25) is 0 Å². The lowest BCUT2D eigenvalue weighted by molar-refractivity contribution is 0.298. The minimum atomic E-state index is 0.0332. The van der Waals surface area contributed by atoms with Gasteiger partial charge in [-0.1, -0.05) is 79.1 Å². The zero-order chi connectivity index (χ0) is 27.0. The number of phenols is 1. The van der Waals surface area contributed by atoms with Crippen LogP contribution >= 0.6 is 23.2 Å². The Morgan fingerprint density at radius 2 is 1.87 bits per heavy atom. The van der Waals surface area contributed by atoms with Crippen molar-refractivity contribution in [2.24, 2.45) is 0 Å². The molecule has 1 N–H and O–H groups in total. The van der Waals surface area contributed by atoms with Crippen LogP contribution in [0.1, 0.15) is 66.0 Å². The predicted molar refractivity (Wildman–Crippen MR) is 151 cm³/mol. The molecule has 5 nitrogen and oxygen atoms in total. The molecule has 0 saturated heterocycles. The first-order chi connectivity index (χ1) is 18.3. The van der Waals surface area contributed by atoms with Crippen LogP contribution in [-0.2, 0) is 11.3 Å². The van der Waals surface area contributed by atoms with E-state index in [2.05, 4.69) is 23.9 Å². The standard InChI is InChI=1S/C31H29Cl2NO4/c1-17(2)31-25(30(34-38-31)29-26(32)9-6-10-28(29)35)16-37-21-11-12-22(27(33)14-21)24-15-23(24)20-8-5-7-19(13-20)18(3)36-4/h5-14,17,23-24,35H,3,15-16H2,1-2,4H3. The van der Waals surface area contributed by atoms with Gasteiger partial charge in [0.05, 0.1) is 23.3 Å². The predicted octanol–water partition coefficient (Wildman–Crippen LogP) is 8.94. The molecule has 38 heavy (non-hydrogen) atoms. The molecule has 2 atom stereocenters. The van der Waals surface area contributed by atoms with E-state index in [1.807, 2.05) is 44.2 Å². The highest BCUT2D eigenvalue weighted by molar-refractivity contribution is 6.33. The molecule has 3 aromatic carbocycles. The summed E-state index contributed by atoms with van der Waals surface area (Å²) in [7, 11) is 1.63. The first kappa shape index (κ1) is 26.2. The van der Waals surface area contributed by atoms with Crippen molar-refractivity contribution in [2.75, 3.05) is 7.11 Å². The van der Waals surface area contributed by atoms with Gasteiger partial charge in [-0.05, 0) is 59.7 Å². The number of nitrogens with zero attached hydrogens (tertiary/aromatic N) is 1. The molecule has 196 valence electrons. The number of hydrogen-bond acceptors (Lipinski definition) is 5. The average Bonchev–Trinajstić information content (AvgIpc) is 3.58. The zero-order valence-corrected chi connectivity index (χ0v) is 23.0. The van der Waals surface area contributed by atoms with Crippen molar-refractivity contribution in [3.63, 3.8) is 0 Å². The average molecular weight is 550 g/mol. The lowest BCUT2D eigenvalue weighted by Crippen LogP contribution is -2.01. The van der Waals surface area contributed by atoms with Crippen molar-refractivity contribution in [2.45, 2.75) is 44.6 Å². The number of phenolic OH excluding ortho intramolecular Hbond substituents is 1. The molecule has 1 fully saturated rings. The summed E-state index contributed by atoms with van der Waals surface area (Å²) in [6.07, 6.45) is 1.03. The highest BCUT2D eigenvalue weighted by Gasteiger charge is 2.40. The van der Waals surface area contributed by atoms with Gasteiger partial charge in [0.25, 0.3) is 0 Å². The molecule has 1 aliphatic rings. The highest BCUT2D eigenvalue weighted by atomic mass is 35.5. The Bertz CT molecular complexity index is 1470. The third-order valence-corrected chi connectivity index (χ3v) is 7.64. The molecule has 2 unspecified atom stereocenters. The molecule has 1 aromatic heterocycles. The first-order valence-corrected chi connectivity index (χ1v) is 13.3. The summed E-state index contributed by atoms with van der Waals surface area (Å²) in [6, 6.07) is 19.1. The second kappa shape index (κ2) is 10.8. The van der Waals surface area contributed by atoms with Gasteiger partial charge in [0.1, 0.15) is 35.3 Å². The Balaban J connectivity index is 1.34. The molecule has 0 radical (unpaired) electrons. The lowest BCUT2D eigenvalue weighted by Gasteiger charge is -2.12. The summed E-state index contributed by atoms with van der Waals surface area (Å²) in [6.45, 7) is 8.18. The Kier molecular flexibility index (Phi) is 7.42. The molecule has 1 aliphatic carbocycles. The fraction of sp³-hybridized carbons (Fsp3) is 0.258. The Morgan fingerprint density at radius 1 is 1.08 bits per heavy atom. The molecule has 4 aromatic rings. The largest absolute Gasteiger partial charge is 0.507 e. The second-order valence-electron chi connectivity index (χ2n) is 9.84. The van der Waals surface area contributed by atoms with Crippen LogP contribution in [0.15, 0.2) is 71.8 Å². The number of rotatable bonds is 9. The van der Waals surface area contributed by atoms with Crippen LogP contribution in [-0.4, -0.2) is 17.4 Å². The van der Waals surface area contributed by atoms with Crippen LogP contribution in [0.2, 0.25) is 10.0 Å². The van der Waals surface area contributed by atoms with Crippen LogP contribution in [0, 0.1) is 0 Å². The van der Waals surface area contributed by atoms with Crippen LogP contribution in [0.25, 0.3) is 17.0 Å². The summed E-state index contributed by atoms with van der Waals surface area (Å²) >= 11 is 13.1. The van der Waals surface area contributed by atoms with Gasteiger partial charge in [-0.3, -0.25) is 0 Å².